The maximum absolute atomic E-state index is 5.95. The molecule has 2 N–H and O–H groups in total. The van der Waals surface area contributed by atoms with Crippen molar-refractivity contribution in [3.05, 3.63) is 45.6 Å². The second-order valence-corrected chi connectivity index (χ2v) is 4.30. The second-order valence-electron chi connectivity index (χ2n) is 3.14. The topological polar surface area (TPSA) is 26.0 Å². The zero-order chi connectivity index (χ0) is 9.84. The summed E-state index contributed by atoms with van der Waals surface area (Å²) in [7, 11) is 0. The van der Waals surface area contributed by atoms with E-state index in [-0.39, 0.29) is 6.04 Å². The maximum Gasteiger partial charge on any atom is 0.0330 e. The fourth-order valence-electron chi connectivity index (χ4n) is 1.16. The van der Waals surface area contributed by atoms with Crippen molar-refractivity contribution >= 4 is 22.6 Å². The van der Waals surface area contributed by atoms with Crippen LogP contribution in [-0.2, 0) is 0 Å². The van der Waals surface area contributed by atoms with Gasteiger partial charge in [-0.2, -0.15) is 0 Å². The summed E-state index contributed by atoms with van der Waals surface area (Å²) in [6, 6.07) is 6.43. The highest BCUT2D eigenvalue weighted by molar-refractivity contribution is 14.1. The molecule has 0 unspecified atom stereocenters. The average molecular weight is 287 g/mol. The van der Waals surface area contributed by atoms with Gasteiger partial charge in [0.1, 0.15) is 0 Å². The van der Waals surface area contributed by atoms with E-state index in [1.807, 2.05) is 6.08 Å². The van der Waals surface area contributed by atoms with Crippen LogP contribution in [0.15, 0.2) is 30.9 Å². The summed E-state index contributed by atoms with van der Waals surface area (Å²) in [5.74, 6) is 0. The lowest BCUT2D eigenvalue weighted by molar-refractivity contribution is 0.741. The van der Waals surface area contributed by atoms with Gasteiger partial charge in [-0.25, -0.2) is 0 Å². The molecule has 0 aromatic heterocycles. The Balaban J connectivity index is 2.89. The minimum absolute atomic E-state index is 0.0895. The Morgan fingerprint density at radius 3 is 2.85 bits per heavy atom. The summed E-state index contributed by atoms with van der Waals surface area (Å²) in [5, 5.41) is 0. The minimum atomic E-state index is 0.0895. The molecule has 0 amide bonds. The molecule has 0 fully saturated rings. The summed E-state index contributed by atoms with van der Waals surface area (Å²) in [5.41, 5.74) is 8.44. The van der Waals surface area contributed by atoms with Gasteiger partial charge in [-0.15, -0.1) is 6.58 Å². The monoisotopic (exact) mass is 287 g/mol. The molecule has 0 radical (unpaired) electrons. The van der Waals surface area contributed by atoms with Gasteiger partial charge in [-0.1, -0.05) is 18.2 Å². The predicted molar refractivity (Wildman–Crippen MR) is 65.6 cm³/mol. The number of nitrogens with two attached hydrogens (primary N) is 1. The minimum Gasteiger partial charge on any atom is -0.324 e. The number of benzene rings is 1. The van der Waals surface area contributed by atoms with Crippen molar-refractivity contribution in [2.24, 2.45) is 5.73 Å². The molecule has 0 saturated carbocycles. The Bertz CT molecular complexity index is 307. The van der Waals surface area contributed by atoms with Crippen molar-refractivity contribution in [2.75, 3.05) is 0 Å². The van der Waals surface area contributed by atoms with Crippen molar-refractivity contribution < 1.29 is 0 Å². The molecule has 0 spiro atoms. The van der Waals surface area contributed by atoms with E-state index in [0.717, 1.165) is 6.42 Å². The molecular weight excluding hydrogens is 273 g/mol. The Hall–Kier alpha value is -0.350. The van der Waals surface area contributed by atoms with E-state index in [1.165, 1.54) is 14.7 Å². The van der Waals surface area contributed by atoms with Gasteiger partial charge in [0.15, 0.2) is 0 Å². The third-order valence-corrected chi connectivity index (χ3v) is 3.21. The first-order valence-electron chi connectivity index (χ1n) is 4.27. The van der Waals surface area contributed by atoms with E-state index in [9.17, 15) is 0 Å². The fraction of sp³-hybridized carbons (Fsp3) is 0.273. The van der Waals surface area contributed by atoms with Crippen molar-refractivity contribution in [3.63, 3.8) is 0 Å². The second kappa shape index (κ2) is 4.77. The number of halogens is 1. The Morgan fingerprint density at radius 2 is 2.31 bits per heavy atom. The van der Waals surface area contributed by atoms with Gasteiger partial charge in [-0.05, 0) is 53.1 Å². The molecule has 1 rings (SSSR count). The highest BCUT2D eigenvalue weighted by Crippen LogP contribution is 2.19. The number of rotatable bonds is 3. The van der Waals surface area contributed by atoms with Gasteiger partial charge in [0.2, 0.25) is 0 Å². The number of hydrogen-bond donors (Lipinski definition) is 1. The average Bonchev–Trinajstić information content (AvgIpc) is 2.10. The highest BCUT2D eigenvalue weighted by atomic mass is 127. The van der Waals surface area contributed by atoms with Crippen LogP contribution in [0.3, 0.4) is 0 Å². The molecule has 0 heterocycles. The first-order chi connectivity index (χ1) is 6.15. The predicted octanol–water partition coefficient (Wildman–Crippen LogP) is 3.18. The lowest BCUT2D eigenvalue weighted by Gasteiger charge is -2.10. The third-order valence-electron chi connectivity index (χ3n) is 2.04. The molecule has 1 atom stereocenters. The van der Waals surface area contributed by atoms with Crippen LogP contribution in [0.1, 0.15) is 23.6 Å². The van der Waals surface area contributed by atoms with E-state index >= 15 is 0 Å². The van der Waals surface area contributed by atoms with E-state index in [2.05, 4.69) is 54.3 Å². The number of hydrogen-bond acceptors (Lipinski definition) is 1. The molecule has 0 saturated heterocycles. The molecule has 1 nitrogen and oxygen atoms in total. The van der Waals surface area contributed by atoms with Crippen LogP contribution in [0.2, 0.25) is 0 Å². The summed E-state index contributed by atoms with van der Waals surface area (Å²) in [6.45, 7) is 5.79. The lowest BCUT2D eigenvalue weighted by Crippen LogP contribution is -2.09. The van der Waals surface area contributed by atoms with Gasteiger partial charge in [0, 0.05) is 9.61 Å². The summed E-state index contributed by atoms with van der Waals surface area (Å²) >= 11 is 2.33. The Kier molecular flexibility index (Phi) is 3.93. The van der Waals surface area contributed by atoms with Crippen LogP contribution in [0.5, 0.6) is 0 Å². The molecule has 1 aromatic carbocycles. The molecule has 0 aliphatic heterocycles. The summed E-state index contributed by atoms with van der Waals surface area (Å²) in [4.78, 5) is 0. The largest absolute Gasteiger partial charge is 0.324 e. The quantitative estimate of drug-likeness (QED) is 0.670. The van der Waals surface area contributed by atoms with Crippen molar-refractivity contribution in [1.82, 2.24) is 0 Å². The van der Waals surface area contributed by atoms with Crippen LogP contribution in [0.25, 0.3) is 0 Å². The molecule has 2 heteroatoms. The Morgan fingerprint density at radius 1 is 1.62 bits per heavy atom. The van der Waals surface area contributed by atoms with Crippen LogP contribution in [0.4, 0.5) is 0 Å². The standard InChI is InChI=1S/C11H14IN/c1-3-4-11(13)9-6-5-8(2)10(12)7-9/h3,5-7,11H,1,4,13H2,2H3/t11-/m1/s1. The SMILES string of the molecule is C=CC[C@@H](N)c1ccc(C)c(I)c1. The zero-order valence-electron chi connectivity index (χ0n) is 7.76. The lowest BCUT2D eigenvalue weighted by atomic mass is 10.0. The molecule has 0 bridgehead atoms. The van der Waals surface area contributed by atoms with Crippen molar-refractivity contribution in [2.45, 2.75) is 19.4 Å². The fourth-order valence-corrected chi connectivity index (χ4v) is 1.69. The summed E-state index contributed by atoms with van der Waals surface area (Å²) in [6.07, 6.45) is 2.69. The third kappa shape index (κ3) is 2.81. The molecule has 70 valence electrons. The smallest absolute Gasteiger partial charge is 0.0330 e. The van der Waals surface area contributed by atoms with E-state index in [1.54, 1.807) is 0 Å². The van der Waals surface area contributed by atoms with Crippen molar-refractivity contribution in [1.29, 1.82) is 0 Å². The van der Waals surface area contributed by atoms with Gasteiger partial charge in [-0.3, -0.25) is 0 Å². The maximum atomic E-state index is 5.95. The molecular formula is C11H14IN. The molecule has 0 aliphatic rings. The first kappa shape index (κ1) is 10.7. The van der Waals surface area contributed by atoms with Gasteiger partial charge in [0.05, 0.1) is 0 Å². The van der Waals surface area contributed by atoms with Crippen LogP contribution < -0.4 is 5.73 Å². The first-order valence-corrected chi connectivity index (χ1v) is 5.35. The van der Waals surface area contributed by atoms with Crippen molar-refractivity contribution in [3.8, 4) is 0 Å². The molecule has 13 heavy (non-hydrogen) atoms. The Labute approximate surface area is 93.2 Å². The van der Waals surface area contributed by atoms with Gasteiger partial charge in [0.25, 0.3) is 0 Å². The number of aryl methyl sites for hydroxylation is 1. The summed E-state index contributed by atoms with van der Waals surface area (Å²) < 4.78 is 1.27. The highest BCUT2D eigenvalue weighted by Gasteiger charge is 2.04. The van der Waals surface area contributed by atoms with E-state index < -0.39 is 0 Å². The zero-order valence-corrected chi connectivity index (χ0v) is 9.91. The van der Waals surface area contributed by atoms with E-state index in [4.69, 9.17) is 5.73 Å². The van der Waals surface area contributed by atoms with E-state index in [0.29, 0.717) is 0 Å². The van der Waals surface area contributed by atoms with Gasteiger partial charge >= 0.3 is 0 Å². The van der Waals surface area contributed by atoms with Crippen LogP contribution >= 0.6 is 22.6 Å². The van der Waals surface area contributed by atoms with Gasteiger partial charge < -0.3 is 5.73 Å². The normalized spacial score (nSPS) is 12.5. The van der Waals surface area contributed by atoms with Crippen LogP contribution in [-0.4, -0.2) is 0 Å². The molecule has 1 aromatic rings. The molecule has 0 aliphatic carbocycles. The van der Waals surface area contributed by atoms with Crippen LogP contribution in [0, 0.1) is 10.5 Å².